The number of hydrogen-bond acceptors (Lipinski definition) is 1. The lowest BCUT2D eigenvalue weighted by atomic mass is 9.65. The quantitative estimate of drug-likeness (QED) is 0.550. The van der Waals surface area contributed by atoms with Gasteiger partial charge in [-0.2, -0.15) is 0 Å². The first-order valence-corrected chi connectivity index (χ1v) is 4.66. The molecule has 0 atom stereocenters. The van der Waals surface area contributed by atoms with Gasteiger partial charge in [0.1, 0.15) is 0 Å². The Kier molecular flexibility index (Phi) is 1.69. The summed E-state index contributed by atoms with van der Waals surface area (Å²) in [5, 5.41) is 3.71. The van der Waals surface area contributed by atoms with Crippen molar-refractivity contribution in [2.75, 3.05) is 0 Å². The van der Waals surface area contributed by atoms with Crippen molar-refractivity contribution in [3.05, 3.63) is 0 Å². The molecule has 2 nitrogen and oxygen atoms in total. The fraction of sp³-hybridized carbons (Fsp3) is 1.00. The smallest absolute Gasteiger partial charge is 0.00749 e. The van der Waals surface area contributed by atoms with Gasteiger partial charge in [-0.05, 0) is 43.9 Å². The molecule has 0 aromatic heterocycles. The maximum atomic E-state index is 3.71. The Labute approximate surface area is 67.7 Å². The zero-order valence-corrected chi connectivity index (χ0v) is 6.84. The van der Waals surface area contributed by atoms with Gasteiger partial charge < -0.3 is 10.8 Å². The summed E-state index contributed by atoms with van der Waals surface area (Å²) in [4.78, 5) is 0. The Morgan fingerprint density at radius 2 is 1.18 bits per heavy atom. The Balaban J connectivity index is 0.000000480. The van der Waals surface area contributed by atoms with Crippen molar-refractivity contribution in [1.82, 2.24) is 5.32 Å². The molecule has 0 aromatic carbocycles. The van der Waals surface area contributed by atoms with Crippen molar-refractivity contribution in [1.29, 1.82) is 0 Å². The lowest BCUT2D eigenvalue weighted by molar-refractivity contribution is 0.0604. The molecule has 0 amide bonds. The molecule has 4 bridgehead atoms. The van der Waals surface area contributed by atoms with Crippen molar-refractivity contribution >= 4 is 0 Å². The monoisotopic (exact) mass is 155 g/mol. The third-order valence-electron chi connectivity index (χ3n) is 3.61. The molecular weight excluding hydrogens is 138 g/mol. The molecule has 0 spiro atoms. The maximum absolute atomic E-state index is 3.71. The molecular formula is C9H17NO. The van der Waals surface area contributed by atoms with Crippen LogP contribution < -0.4 is 5.32 Å². The van der Waals surface area contributed by atoms with Crippen molar-refractivity contribution < 1.29 is 5.48 Å². The Morgan fingerprint density at radius 3 is 1.55 bits per heavy atom. The van der Waals surface area contributed by atoms with Crippen LogP contribution in [0.2, 0.25) is 0 Å². The number of rotatable bonds is 0. The highest BCUT2D eigenvalue weighted by atomic mass is 16.0. The van der Waals surface area contributed by atoms with Crippen LogP contribution in [0.15, 0.2) is 0 Å². The molecule has 11 heavy (non-hydrogen) atoms. The molecule has 64 valence electrons. The first kappa shape index (κ1) is 7.56. The summed E-state index contributed by atoms with van der Waals surface area (Å²) in [5.41, 5.74) is 0. The summed E-state index contributed by atoms with van der Waals surface area (Å²) in [6.07, 6.45) is 7.54. The van der Waals surface area contributed by atoms with Gasteiger partial charge in [-0.1, -0.05) is 0 Å². The average Bonchev–Trinajstić information content (AvgIpc) is 1.82. The van der Waals surface area contributed by atoms with Crippen molar-refractivity contribution in [3.63, 3.8) is 0 Å². The van der Waals surface area contributed by atoms with Crippen LogP contribution in [-0.2, 0) is 0 Å². The lowest BCUT2D eigenvalue weighted by Gasteiger charge is -2.50. The fourth-order valence-corrected chi connectivity index (χ4v) is 3.46. The number of hydrogen-bond donors (Lipinski definition) is 1. The van der Waals surface area contributed by atoms with Gasteiger partial charge in [0.25, 0.3) is 0 Å². The topological polar surface area (TPSA) is 43.5 Å². The normalized spacial score (nSPS) is 52.4. The van der Waals surface area contributed by atoms with Gasteiger partial charge in [-0.25, -0.2) is 0 Å². The van der Waals surface area contributed by atoms with E-state index in [1.165, 1.54) is 25.7 Å². The fourth-order valence-electron chi connectivity index (χ4n) is 3.46. The van der Waals surface area contributed by atoms with Gasteiger partial charge in [0.15, 0.2) is 0 Å². The summed E-state index contributed by atoms with van der Waals surface area (Å²) in [7, 11) is 0. The van der Waals surface area contributed by atoms with E-state index in [-0.39, 0.29) is 5.48 Å². The van der Waals surface area contributed by atoms with Crippen LogP contribution in [0.3, 0.4) is 0 Å². The molecule has 2 aliphatic carbocycles. The molecule has 0 unspecified atom stereocenters. The highest BCUT2D eigenvalue weighted by Gasteiger charge is 2.41. The second-order valence-electron chi connectivity index (χ2n) is 4.47. The molecule has 4 aliphatic rings. The Bertz CT molecular complexity index is 101. The second-order valence-corrected chi connectivity index (χ2v) is 4.47. The van der Waals surface area contributed by atoms with Crippen LogP contribution in [0.1, 0.15) is 32.1 Å². The molecule has 4 fully saturated rings. The minimum absolute atomic E-state index is 0. The van der Waals surface area contributed by atoms with Crippen LogP contribution in [-0.4, -0.2) is 17.6 Å². The first-order chi connectivity index (χ1) is 4.90. The molecule has 2 saturated carbocycles. The first-order valence-electron chi connectivity index (χ1n) is 4.66. The SMILES string of the molecule is C1C2CC3CC1CC(C2)N3.O. The Hall–Kier alpha value is -0.0800. The largest absolute Gasteiger partial charge is 0.412 e. The lowest BCUT2D eigenvalue weighted by Crippen LogP contribution is -2.55. The summed E-state index contributed by atoms with van der Waals surface area (Å²) >= 11 is 0. The molecule has 4 rings (SSSR count). The van der Waals surface area contributed by atoms with E-state index in [4.69, 9.17) is 0 Å². The van der Waals surface area contributed by atoms with Gasteiger partial charge in [-0.3, -0.25) is 0 Å². The number of nitrogens with one attached hydrogen (secondary N) is 1. The van der Waals surface area contributed by atoms with E-state index in [2.05, 4.69) is 5.32 Å². The molecule has 2 heterocycles. The van der Waals surface area contributed by atoms with Gasteiger partial charge in [0, 0.05) is 12.1 Å². The van der Waals surface area contributed by atoms with Gasteiger partial charge >= 0.3 is 0 Å². The van der Waals surface area contributed by atoms with E-state index in [1.54, 1.807) is 6.42 Å². The highest BCUT2D eigenvalue weighted by Crippen LogP contribution is 2.44. The third-order valence-corrected chi connectivity index (χ3v) is 3.61. The predicted octanol–water partition coefficient (Wildman–Crippen LogP) is 0.712. The zero-order chi connectivity index (χ0) is 6.55. The minimum atomic E-state index is 0. The van der Waals surface area contributed by atoms with Crippen LogP contribution >= 0.6 is 0 Å². The van der Waals surface area contributed by atoms with Crippen LogP contribution in [0.25, 0.3) is 0 Å². The third kappa shape index (κ3) is 1.09. The highest BCUT2D eigenvalue weighted by molar-refractivity contribution is 4.98. The zero-order valence-electron chi connectivity index (χ0n) is 6.84. The van der Waals surface area contributed by atoms with E-state index in [0.717, 1.165) is 23.9 Å². The minimum Gasteiger partial charge on any atom is -0.412 e. The molecule has 2 aliphatic heterocycles. The molecule has 2 heteroatoms. The van der Waals surface area contributed by atoms with Crippen molar-refractivity contribution in [2.24, 2.45) is 11.8 Å². The second kappa shape index (κ2) is 2.46. The summed E-state index contributed by atoms with van der Waals surface area (Å²) in [5.74, 6) is 2.23. The van der Waals surface area contributed by atoms with E-state index >= 15 is 0 Å². The van der Waals surface area contributed by atoms with Crippen LogP contribution in [0.5, 0.6) is 0 Å². The van der Waals surface area contributed by atoms with Crippen molar-refractivity contribution in [3.8, 4) is 0 Å². The van der Waals surface area contributed by atoms with Crippen LogP contribution in [0.4, 0.5) is 0 Å². The van der Waals surface area contributed by atoms with Crippen LogP contribution in [0, 0.1) is 11.8 Å². The van der Waals surface area contributed by atoms with E-state index in [0.29, 0.717) is 0 Å². The molecule has 0 radical (unpaired) electrons. The predicted molar refractivity (Wildman–Crippen MR) is 44.4 cm³/mol. The summed E-state index contributed by atoms with van der Waals surface area (Å²) in [6, 6.07) is 1.85. The average molecular weight is 155 g/mol. The van der Waals surface area contributed by atoms with Gasteiger partial charge in [-0.15, -0.1) is 0 Å². The molecule has 3 N–H and O–H groups in total. The summed E-state index contributed by atoms with van der Waals surface area (Å²) in [6.45, 7) is 0. The molecule has 2 saturated heterocycles. The Morgan fingerprint density at radius 1 is 0.727 bits per heavy atom. The van der Waals surface area contributed by atoms with Gasteiger partial charge in [0.2, 0.25) is 0 Å². The van der Waals surface area contributed by atoms with Gasteiger partial charge in [0.05, 0.1) is 0 Å². The van der Waals surface area contributed by atoms with Crippen molar-refractivity contribution in [2.45, 2.75) is 44.2 Å². The molecule has 0 aromatic rings. The van der Waals surface area contributed by atoms with E-state index in [9.17, 15) is 0 Å². The van der Waals surface area contributed by atoms with E-state index in [1.807, 2.05) is 0 Å². The number of piperidine rings is 2. The maximum Gasteiger partial charge on any atom is 0.00749 e. The standard InChI is InChI=1S/C9H15N.H2O/c1-6-2-8-4-7(1)5-9(3-6)10-8;/h6-10H,1-5H2;1H2. The summed E-state index contributed by atoms with van der Waals surface area (Å²) < 4.78 is 0. The van der Waals surface area contributed by atoms with E-state index < -0.39 is 0 Å².